The van der Waals surface area contributed by atoms with Gasteiger partial charge in [-0.3, -0.25) is 4.79 Å². The van der Waals surface area contributed by atoms with E-state index in [0.717, 1.165) is 22.8 Å². The maximum Gasteiger partial charge on any atom is 0.224 e. The summed E-state index contributed by atoms with van der Waals surface area (Å²) < 4.78 is 0. The van der Waals surface area contributed by atoms with Crippen molar-refractivity contribution in [1.82, 2.24) is 0 Å². The number of nitrogens with one attached hydrogen (secondary N) is 1. The predicted octanol–water partition coefficient (Wildman–Crippen LogP) is 4.70. The molecule has 1 aliphatic rings. The molecule has 0 spiro atoms. The highest BCUT2D eigenvalue weighted by molar-refractivity contribution is 7.10. The van der Waals surface area contributed by atoms with Crippen molar-refractivity contribution in [2.45, 2.75) is 32.4 Å². The van der Waals surface area contributed by atoms with E-state index in [9.17, 15) is 4.79 Å². The lowest BCUT2D eigenvalue weighted by Crippen LogP contribution is -2.42. The summed E-state index contributed by atoms with van der Waals surface area (Å²) in [7, 11) is 0. The molecule has 5 heteroatoms. The van der Waals surface area contributed by atoms with E-state index in [1.54, 1.807) is 18.3 Å². The van der Waals surface area contributed by atoms with E-state index >= 15 is 0 Å². The summed E-state index contributed by atoms with van der Waals surface area (Å²) >= 11 is 7.62. The van der Waals surface area contributed by atoms with Crippen molar-refractivity contribution in [1.29, 1.82) is 0 Å². The van der Waals surface area contributed by atoms with Crippen LogP contribution in [0.1, 0.15) is 31.2 Å². The molecule has 1 amide bonds. The SMILES string of the molecule is CC(=O)N1c2ccsc2[C@@H](Nc2ccc(Cl)cc2)C[C@H]1C. The molecule has 21 heavy (non-hydrogen) atoms. The molecular formula is C16H17ClN2OS. The van der Waals surface area contributed by atoms with Gasteiger partial charge in [0.1, 0.15) is 0 Å². The molecule has 0 aliphatic carbocycles. The number of carbonyl (C=O) groups excluding carboxylic acids is 1. The number of fused-ring (bicyclic) bond motifs is 1. The molecule has 110 valence electrons. The van der Waals surface area contributed by atoms with Crippen LogP contribution in [0.5, 0.6) is 0 Å². The molecule has 1 aromatic heterocycles. The summed E-state index contributed by atoms with van der Waals surface area (Å²) in [5.74, 6) is 0.104. The third-order valence-corrected chi connectivity index (χ3v) is 5.06. The second-order valence-corrected chi connectivity index (χ2v) is 6.73. The van der Waals surface area contributed by atoms with Gasteiger partial charge in [-0.25, -0.2) is 0 Å². The van der Waals surface area contributed by atoms with Crippen molar-refractivity contribution >= 4 is 40.2 Å². The number of hydrogen-bond donors (Lipinski definition) is 1. The Bertz CT molecular complexity index is 653. The largest absolute Gasteiger partial charge is 0.377 e. The van der Waals surface area contributed by atoms with Gasteiger partial charge in [0.25, 0.3) is 0 Å². The zero-order valence-corrected chi connectivity index (χ0v) is 13.5. The monoisotopic (exact) mass is 320 g/mol. The van der Waals surface area contributed by atoms with E-state index in [-0.39, 0.29) is 18.0 Å². The van der Waals surface area contributed by atoms with E-state index in [0.29, 0.717) is 0 Å². The highest BCUT2D eigenvalue weighted by atomic mass is 35.5. The minimum atomic E-state index is 0.104. The fourth-order valence-corrected chi connectivity index (χ4v) is 3.99. The van der Waals surface area contributed by atoms with E-state index in [1.807, 2.05) is 35.2 Å². The van der Waals surface area contributed by atoms with Crippen molar-refractivity contribution in [2.24, 2.45) is 0 Å². The second-order valence-electron chi connectivity index (χ2n) is 5.35. The van der Waals surface area contributed by atoms with Crippen LogP contribution in [0.2, 0.25) is 5.02 Å². The number of anilines is 2. The topological polar surface area (TPSA) is 32.3 Å². The number of rotatable bonds is 2. The van der Waals surface area contributed by atoms with Crippen molar-refractivity contribution in [3.63, 3.8) is 0 Å². The summed E-state index contributed by atoms with van der Waals surface area (Å²) in [6.45, 7) is 3.73. The van der Waals surface area contributed by atoms with E-state index in [2.05, 4.69) is 17.6 Å². The Labute approximate surface area is 133 Å². The fourth-order valence-electron chi connectivity index (χ4n) is 2.92. The van der Waals surface area contributed by atoms with Gasteiger partial charge in [-0.1, -0.05) is 11.6 Å². The molecule has 0 saturated carbocycles. The first kappa shape index (κ1) is 14.4. The number of carbonyl (C=O) groups is 1. The van der Waals surface area contributed by atoms with Crippen LogP contribution in [0, 0.1) is 0 Å². The lowest BCUT2D eigenvalue weighted by atomic mass is 9.98. The number of benzene rings is 1. The lowest BCUT2D eigenvalue weighted by Gasteiger charge is -2.37. The van der Waals surface area contributed by atoms with Crippen LogP contribution in [-0.4, -0.2) is 11.9 Å². The quantitative estimate of drug-likeness (QED) is 0.869. The average Bonchev–Trinajstić information content (AvgIpc) is 2.90. The molecule has 2 heterocycles. The number of nitrogens with zero attached hydrogens (tertiary/aromatic N) is 1. The maximum absolute atomic E-state index is 11.9. The van der Waals surface area contributed by atoms with Gasteiger partial charge < -0.3 is 10.2 Å². The summed E-state index contributed by atoms with van der Waals surface area (Å²) in [4.78, 5) is 15.0. The van der Waals surface area contributed by atoms with Gasteiger partial charge in [-0.15, -0.1) is 11.3 Å². The normalized spacial score (nSPS) is 21.0. The first-order valence-corrected chi connectivity index (χ1v) is 8.21. The minimum Gasteiger partial charge on any atom is -0.377 e. The highest BCUT2D eigenvalue weighted by Gasteiger charge is 2.33. The zero-order valence-electron chi connectivity index (χ0n) is 12.0. The van der Waals surface area contributed by atoms with Gasteiger partial charge in [-0.05, 0) is 49.1 Å². The lowest BCUT2D eigenvalue weighted by molar-refractivity contribution is -0.117. The van der Waals surface area contributed by atoms with Crippen molar-refractivity contribution in [2.75, 3.05) is 10.2 Å². The average molecular weight is 321 g/mol. The minimum absolute atomic E-state index is 0.104. The van der Waals surface area contributed by atoms with Gasteiger partial charge in [0.2, 0.25) is 5.91 Å². The van der Waals surface area contributed by atoms with Gasteiger partial charge in [-0.2, -0.15) is 0 Å². The first-order chi connectivity index (χ1) is 10.1. The number of halogens is 1. The Kier molecular flexibility index (Phi) is 3.91. The molecule has 0 fully saturated rings. The Balaban J connectivity index is 1.89. The van der Waals surface area contributed by atoms with Crippen LogP contribution >= 0.6 is 22.9 Å². The Hall–Kier alpha value is -1.52. The molecule has 0 saturated heterocycles. The second kappa shape index (κ2) is 5.70. The molecule has 1 aromatic carbocycles. The number of thiophene rings is 1. The van der Waals surface area contributed by atoms with Crippen LogP contribution < -0.4 is 10.2 Å². The molecule has 0 radical (unpaired) electrons. The molecule has 1 aliphatic heterocycles. The van der Waals surface area contributed by atoms with Gasteiger partial charge in [0, 0.05) is 23.7 Å². The molecule has 2 atom stereocenters. The Morgan fingerprint density at radius 3 is 2.71 bits per heavy atom. The Morgan fingerprint density at radius 2 is 2.05 bits per heavy atom. The van der Waals surface area contributed by atoms with Crippen LogP contribution in [0.4, 0.5) is 11.4 Å². The third-order valence-electron chi connectivity index (χ3n) is 3.79. The number of amides is 1. The van der Waals surface area contributed by atoms with Crippen LogP contribution in [0.25, 0.3) is 0 Å². The van der Waals surface area contributed by atoms with Gasteiger partial charge >= 0.3 is 0 Å². The summed E-state index contributed by atoms with van der Waals surface area (Å²) in [6, 6.07) is 10.2. The van der Waals surface area contributed by atoms with E-state index in [1.165, 1.54) is 4.88 Å². The van der Waals surface area contributed by atoms with Crippen LogP contribution in [0.3, 0.4) is 0 Å². The van der Waals surface area contributed by atoms with Crippen molar-refractivity contribution in [3.05, 3.63) is 45.6 Å². The van der Waals surface area contributed by atoms with Gasteiger partial charge in [0.15, 0.2) is 0 Å². The molecule has 3 nitrogen and oxygen atoms in total. The fraction of sp³-hybridized carbons (Fsp3) is 0.312. The van der Waals surface area contributed by atoms with E-state index in [4.69, 9.17) is 11.6 Å². The predicted molar refractivity (Wildman–Crippen MR) is 89.4 cm³/mol. The molecule has 3 rings (SSSR count). The van der Waals surface area contributed by atoms with Gasteiger partial charge in [0.05, 0.1) is 16.6 Å². The summed E-state index contributed by atoms with van der Waals surface area (Å²) in [6.07, 6.45) is 0.899. The Morgan fingerprint density at radius 1 is 1.33 bits per heavy atom. The van der Waals surface area contributed by atoms with Crippen molar-refractivity contribution < 1.29 is 4.79 Å². The summed E-state index contributed by atoms with van der Waals surface area (Å²) in [5, 5.41) is 6.34. The molecular weight excluding hydrogens is 304 g/mol. The zero-order chi connectivity index (χ0) is 15.0. The number of hydrogen-bond acceptors (Lipinski definition) is 3. The molecule has 2 aromatic rings. The van der Waals surface area contributed by atoms with Crippen LogP contribution in [-0.2, 0) is 4.79 Å². The summed E-state index contributed by atoms with van der Waals surface area (Å²) in [5.41, 5.74) is 2.09. The molecule has 0 unspecified atom stereocenters. The van der Waals surface area contributed by atoms with Crippen LogP contribution in [0.15, 0.2) is 35.7 Å². The third kappa shape index (κ3) is 2.78. The molecule has 1 N–H and O–H groups in total. The molecule has 0 bridgehead atoms. The maximum atomic E-state index is 11.9. The van der Waals surface area contributed by atoms with E-state index < -0.39 is 0 Å². The smallest absolute Gasteiger partial charge is 0.224 e. The van der Waals surface area contributed by atoms with Crippen molar-refractivity contribution in [3.8, 4) is 0 Å². The first-order valence-electron chi connectivity index (χ1n) is 6.95. The standard InChI is InChI=1S/C16H17ClN2OS/c1-10-9-14(18-13-5-3-12(17)4-6-13)16-15(7-8-21-16)19(10)11(2)20/h3-8,10,14,18H,9H2,1-2H3/t10-,14+/m1/s1. The highest BCUT2D eigenvalue weighted by Crippen LogP contribution is 2.42.